The van der Waals surface area contributed by atoms with Gasteiger partial charge in [0.2, 0.25) is 5.78 Å². The largest absolute Gasteiger partial charge is 0.442 e. The summed E-state index contributed by atoms with van der Waals surface area (Å²) in [5.41, 5.74) is 0.267. The molecule has 1 aromatic heterocycles. The molecule has 0 unspecified atom stereocenters. The van der Waals surface area contributed by atoms with Crippen molar-refractivity contribution in [1.29, 1.82) is 0 Å². The van der Waals surface area contributed by atoms with Gasteiger partial charge in [-0.3, -0.25) is 14.9 Å². The molecule has 1 aromatic carbocycles. The molecule has 0 aliphatic heterocycles. The molecule has 0 amide bonds. The number of benzene rings is 1. The highest BCUT2D eigenvalue weighted by Crippen LogP contribution is 2.21. The average molecular weight is 266 g/mol. The first-order chi connectivity index (χ1) is 8.58. The maximum atomic E-state index is 11.8. The maximum absolute atomic E-state index is 11.8. The van der Waals surface area contributed by atoms with E-state index in [2.05, 4.69) is 0 Å². The summed E-state index contributed by atoms with van der Waals surface area (Å²) < 4.78 is 4.96. The number of carbonyl (C=O) groups is 1. The zero-order chi connectivity index (χ0) is 13.1. The zero-order valence-corrected chi connectivity index (χ0v) is 9.89. The molecule has 18 heavy (non-hydrogen) atoms. The van der Waals surface area contributed by atoms with Gasteiger partial charge < -0.3 is 4.42 Å². The Morgan fingerprint density at radius 2 is 2.00 bits per heavy atom. The van der Waals surface area contributed by atoms with Crippen molar-refractivity contribution in [2.75, 3.05) is 0 Å². The van der Waals surface area contributed by atoms with Crippen LogP contribution in [0.1, 0.15) is 16.1 Å². The Morgan fingerprint density at radius 3 is 2.61 bits per heavy atom. The van der Waals surface area contributed by atoms with Crippen molar-refractivity contribution in [3.05, 3.63) is 63.1 Å². The van der Waals surface area contributed by atoms with Crippen molar-refractivity contribution >= 4 is 23.1 Å². The van der Waals surface area contributed by atoms with Gasteiger partial charge >= 0.3 is 0 Å². The molecule has 2 aromatic rings. The van der Waals surface area contributed by atoms with E-state index in [-0.39, 0.29) is 28.9 Å². The highest BCUT2D eigenvalue weighted by Gasteiger charge is 2.18. The summed E-state index contributed by atoms with van der Waals surface area (Å²) in [7, 11) is 0. The van der Waals surface area contributed by atoms with Crippen LogP contribution >= 0.6 is 11.6 Å². The van der Waals surface area contributed by atoms with Crippen molar-refractivity contribution in [2.24, 2.45) is 0 Å². The second-order valence-corrected chi connectivity index (χ2v) is 3.96. The summed E-state index contributed by atoms with van der Waals surface area (Å²) in [5.74, 6) is -0.255. The van der Waals surface area contributed by atoms with Crippen LogP contribution in [0.5, 0.6) is 0 Å². The number of furan rings is 1. The molecule has 1 heterocycles. The Balaban J connectivity index is 2.24. The van der Waals surface area contributed by atoms with Crippen molar-refractivity contribution in [1.82, 2.24) is 0 Å². The normalized spacial score (nSPS) is 10.3. The van der Waals surface area contributed by atoms with E-state index >= 15 is 0 Å². The molecular weight excluding hydrogens is 258 g/mol. The quantitative estimate of drug-likeness (QED) is 0.483. The average Bonchev–Trinajstić information content (AvgIpc) is 2.76. The Morgan fingerprint density at radius 1 is 1.28 bits per heavy atom. The summed E-state index contributed by atoms with van der Waals surface area (Å²) in [4.78, 5) is 22.1. The number of halogens is 1. The number of ketones is 1. The third-order valence-corrected chi connectivity index (χ3v) is 2.59. The molecule has 5 nitrogen and oxygen atoms in total. The summed E-state index contributed by atoms with van der Waals surface area (Å²) in [6, 6.07) is 8.99. The molecule has 92 valence electrons. The minimum Gasteiger partial charge on any atom is -0.442 e. The summed E-state index contributed by atoms with van der Waals surface area (Å²) >= 11 is 5.56. The van der Waals surface area contributed by atoms with E-state index in [4.69, 9.17) is 16.0 Å². The van der Waals surface area contributed by atoms with Crippen LogP contribution < -0.4 is 0 Å². The Hall–Kier alpha value is -2.14. The van der Waals surface area contributed by atoms with E-state index in [9.17, 15) is 14.9 Å². The molecule has 0 fully saturated rings. The predicted octanol–water partition coefficient (Wildman–Crippen LogP) is 3.27. The van der Waals surface area contributed by atoms with E-state index < -0.39 is 4.92 Å². The lowest BCUT2D eigenvalue weighted by molar-refractivity contribution is -0.385. The van der Waals surface area contributed by atoms with Gasteiger partial charge in [-0.15, -0.1) is 0 Å². The lowest BCUT2D eigenvalue weighted by Gasteiger charge is -2.00. The van der Waals surface area contributed by atoms with E-state index in [0.717, 1.165) is 0 Å². The molecule has 0 aliphatic rings. The van der Waals surface area contributed by atoms with Gasteiger partial charge in [0.25, 0.3) is 5.69 Å². The molecule has 0 spiro atoms. The van der Waals surface area contributed by atoms with Crippen molar-refractivity contribution < 1.29 is 14.1 Å². The minimum atomic E-state index is -0.516. The number of nitro groups is 1. The molecule has 0 atom stereocenters. The van der Waals surface area contributed by atoms with Gasteiger partial charge in [0, 0.05) is 18.1 Å². The molecule has 0 radical (unpaired) electrons. The minimum absolute atomic E-state index is 0.0801. The molecule has 0 aliphatic carbocycles. The van der Waals surface area contributed by atoms with Crippen LogP contribution in [0.25, 0.3) is 0 Å². The number of hydrogen-bond acceptors (Lipinski definition) is 4. The fourth-order valence-corrected chi connectivity index (χ4v) is 1.71. The third-order valence-electron chi connectivity index (χ3n) is 2.39. The van der Waals surface area contributed by atoms with Crippen LogP contribution in [0.2, 0.25) is 5.22 Å². The molecule has 0 saturated heterocycles. The number of rotatable bonds is 4. The van der Waals surface area contributed by atoms with E-state index in [1.165, 1.54) is 18.2 Å². The first kappa shape index (κ1) is 12.3. The fraction of sp³-hybridized carbons (Fsp3) is 0.0833. The van der Waals surface area contributed by atoms with Gasteiger partial charge in [0.15, 0.2) is 11.0 Å². The van der Waals surface area contributed by atoms with Gasteiger partial charge in [-0.05, 0) is 23.7 Å². The first-order valence-corrected chi connectivity index (χ1v) is 5.46. The molecule has 0 N–H and O–H groups in total. The molecule has 6 heteroatoms. The van der Waals surface area contributed by atoms with Crippen molar-refractivity contribution in [3.8, 4) is 0 Å². The van der Waals surface area contributed by atoms with Crippen LogP contribution in [0.15, 0.2) is 40.8 Å². The van der Waals surface area contributed by atoms with Crippen LogP contribution in [-0.2, 0) is 6.42 Å². The Labute approximate surface area is 107 Å². The number of nitrogens with zero attached hydrogens (tertiary/aromatic N) is 1. The van der Waals surface area contributed by atoms with Gasteiger partial charge in [-0.2, -0.15) is 0 Å². The maximum Gasteiger partial charge on any atom is 0.273 e. The first-order valence-electron chi connectivity index (χ1n) is 5.09. The lowest BCUT2D eigenvalue weighted by Crippen LogP contribution is -2.04. The smallest absolute Gasteiger partial charge is 0.273 e. The standard InChI is InChI=1S/C12H8ClNO4/c13-12-6-5-11(18-12)10(15)7-8-3-1-2-4-9(8)14(16)17/h1-6H,7H2. The SMILES string of the molecule is O=C(Cc1ccccc1[N+](=O)[O-])c1ccc(Cl)o1. The van der Waals surface area contributed by atoms with Crippen LogP contribution in [0.3, 0.4) is 0 Å². The topological polar surface area (TPSA) is 73.3 Å². The van der Waals surface area contributed by atoms with E-state index in [1.54, 1.807) is 18.2 Å². The molecule has 2 rings (SSSR count). The van der Waals surface area contributed by atoms with Gasteiger partial charge in [0.05, 0.1) is 4.92 Å². The number of Topliss-reactive ketones (excluding diaryl/α,β-unsaturated/α-hetero) is 1. The molecular formula is C12H8ClNO4. The number of hydrogen-bond donors (Lipinski definition) is 0. The van der Waals surface area contributed by atoms with Crippen molar-refractivity contribution in [2.45, 2.75) is 6.42 Å². The number of carbonyl (C=O) groups excluding carboxylic acids is 1. The summed E-state index contributed by atoms with van der Waals surface area (Å²) in [5, 5.41) is 10.9. The summed E-state index contributed by atoms with van der Waals surface area (Å²) in [6.45, 7) is 0. The van der Waals surface area contributed by atoms with Gasteiger partial charge in [-0.25, -0.2) is 0 Å². The van der Waals surface area contributed by atoms with E-state index in [1.807, 2.05) is 0 Å². The van der Waals surface area contributed by atoms with Crippen molar-refractivity contribution in [3.63, 3.8) is 0 Å². The van der Waals surface area contributed by atoms with Gasteiger partial charge in [-0.1, -0.05) is 18.2 Å². The predicted molar refractivity (Wildman–Crippen MR) is 64.8 cm³/mol. The number of para-hydroxylation sites is 1. The lowest BCUT2D eigenvalue weighted by atomic mass is 10.1. The third kappa shape index (κ3) is 2.57. The molecule has 0 bridgehead atoms. The second-order valence-electron chi connectivity index (χ2n) is 3.59. The Kier molecular flexibility index (Phi) is 3.43. The second kappa shape index (κ2) is 5.01. The zero-order valence-electron chi connectivity index (χ0n) is 9.13. The number of nitro benzene ring substituents is 1. The van der Waals surface area contributed by atoms with Crippen LogP contribution in [0, 0.1) is 10.1 Å². The summed E-state index contributed by atoms with van der Waals surface area (Å²) in [6.07, 6.45) is -0.0962. The van der Waals surface area contributed by atoms with Crippen LogP contribution in [-0.4, -0.2) is 10.7 Å². The fourth-order valence-electron chi connectivity index (χ4n) is 1.56. The van der Waals surface area contributed by atoms with E-state index in [0.29, 0.717) is 5.56 Å². The monoisotopic (exact) mass is 265 g/mol. The van der Waals surface area contributed by atoms with Crippen LogP contribution in [0.4, 0.5) is 5.69 Å². The highest BCUT2D eigenvalue weighted by molar-refractivity contribution is 6.29. The molecule has 0 saturated carbocycles. The highest BCUT2D eigenvalue weighted by atomic mass is 35.5. The Bertz CT molecular complexity index is 606. The van der Waals surface area contributed by atoms with Gasteiger partial charge in [0.1, 0.15) is 0 Å².